The Kier molecular flexibility index (Phi) is 6.60. The van der Waals surface area contributed by atoms with E-state index in [1.54, 1.807) is 18.0 Å². The van der Waals surface area contributed by atoms with Gasteiger partial charge in [0, 0.05) is 10.9 Å². The second-order valence-electron chi connectivity index (χ2n) is 4.41. The predicted molar refractivity (Wildman–Crippen MR) is 77.1 cm³/mol. The van der Waals surface area contributed by atoms with Gasteiger partial charge in [-0.3, -0.25) is 14.5 Å². The second kappa shape index (κ2) is 7.96. The molecule has 0 aromatic heterocycles. The van der Waals surface area contributed by atoms with E-state index < -0.39 is 11.8 Å². The zero-order valence-electron chi connectivity index (χ0n) is 11.0. The SMILES string of the molecule is CN(CCCC(=O)O)CC(=O)Nc1ccc(Br)cc1F. The van der Waals surface area contributed by atoms with Gasteiger partial charge in [-0.05, 0) is 38.2 Å². The van der Waals surface area contributed by atoms with Crippen LogP contribution in [-0.2, 0) is 9.59 Å². The number of carbonyl (C=O) groups is 2. The van der Waals surface area contributed by atoms with Crippen LogP contribution >= 0.6 is 15.9 Å². The Hall–Kier alpha value is -1.47. The lowest BCUT2D eigenvalue weighted by Crippen LogP contribution is -2.31. The number of hydrogen-bond acceptors (Lipinski definition) is 3. The Morgan fingerprint density at radius 1 is 1.45 bits per heavy atom. The summed E-state index contributed by atoms with van der Waals surface area (Å²) in [5.41, 5.74) is 0.122. The minimum Gasteiger partial charge on any atom is -0.481 e. The van der Waals surface area contributed by atoms with Crippen LogP contribution in [0.2, 0.25) is 0 Å². The number of hydrogen-bond donors (Lipinski definition) is 2. The van der Waals surface area contributed by atoms with E-state index >= 15 is 0 Å². The van der Waals surface area contributed by atoms with Crippen LogP contribution in [0.15, 0.2) is 22.7 Å². The Labute approximate surface area is 124 Å². The van der Waals surface area contributed by atoms with Crippen molar-refractivity contribution >= 4 is 33.5 Å². The average molecular weight is 347 g/mol. The third-order valence-electron chi connectivity index (χ3n) is 2.55. The van der Waals surface area contributed by atoms with E-state index in [1.807, 2.05) is 0 Å². The summed E-state index contributed by atoms with van der Waals surface area (Å²) in [6.45, 7) is 0.567. The Bertz CT molecular complexity index is 497. The molecule has 20 heavy (non-hydrogen) atoms. The van der Waals surface area contributed by atoms with Crippen LogP contribution in [0.5, 0.6) is 0 Å². The molecule has 0 saturated carbocycles. The normalized spacial score (nSPS) is 10.6. The molecule has 1 aromatic carbocycles. The van der Waals surface area contributed by atoms with Crippen molar-refractivity contribution in [3.05, 3.63) is 28.5 Å². The number of anilines is 1. The van der Waals surface area contributed by atoms with Crippen molar-refractivity contribution in [1.82, 2.24) is 4.90 Å². The molecule has 0 saturated heterocycles. The van der Waals surface area contributed by atoms with Crippen LogP contribution in [0.1, 0.15) is 12.8 Å². The molecule has 0 fully saturated rings. The highest BCUT2D eigenvalue weighted by Gasteiger charge is 2.10. The molecule has 0 atom stereocenters. The van der Waals surface area contributed by atoms with E-state index in [2.05, 4.69) is 21.2 Å². The third kappa shape index (κ3) is 6.12. The van der Waals surface area contributed by atoms with Gasteiger partial charge in [0.2, 0.25) is 5.91 Å². The standard InChI is InChI=1S/C13H16BrFN2O3/c1-17(6-2-3-13(19)20)8-12(18)16-11-5-4-9(14)7-10(11)15/h4-5,7H,2-3,6,8H2,1H3,(H,16,18)(H,19,20). The summed E-state index contributed by atoms with van der Waals surface area (Å²) >= 11 is 3.13. The monoisotopic (exact) mass is 346 g/mol. The zero-order valence-corrected chi connectivity index (χ0v) is 12.6. The molecule has 0 aliphatic rings. The summed E-state index contributed by atoms with van der Waals surface area (Å²) in [6, 6.07) is 4.38. The van der Waals surface area contributed by atoms with Gasteiger partial charge in [0.05, 0.1) is 12.2 Å². The Morgan fingerprint density at radius 2 is 2.15 bits per heavy atom. The highest BCUT2D eigenvalue weighted by molar-refractivity contribution is 9.10. The summed E-state index contributed by atoms with van der Waals surface area (Å²) < 4.78 is 14.1. The van der Waals surface area contributed by atoms with Crippen molar-refractivity contribution in [3.63, 3.8) is 0 Å². The molecule has 7 heteroatoms. The lowest BCUT2D eigenvalue weighted by molar-refractivity contribution is -0.137. The fourth-order valence-corrected chi connectivity index (χ4v) is 1.94. The first-order valence-corrected chi connectivity index (χ1v) is 6.83. The van der Waals surface area contributed by atoms with Crippen LogP contribution in [0.3, 0.4) is 0 Å². The van der Waals surface area contributed by atoms with Crippen LogP contribution in [0, 0.1) is 5.82 Å². The second-order valence-corrected chi connectivity index (χ2v) is 5.32. The average Bonchev–Trinajstić information content (AvgIpc) is 2.32. The number of nitrogens with one attached hydrogen (secondary N) is 1. The van der Waals surface area contributed by atoms with E-state index in [0.717, 1.165) is 0 Å². The van der Waals surface area contributed by atoms with Crippen molar-refractivity contribution < 1.29 is 19.1 Å². The maximum atomic E-state index is 13.5. The number of halogens is 2. The van der Waals surface area contributed by atoms with Crippen molar-refractivity contribution in [2.45, 2.75) is 12.8 Å². The molecule has 5 nitrogen and oxygen atoms in total. The fraction of sp³-hybridized carbons (Fsp3) is 0.385. The van der Waals surface area contributed by atoms with E-state index in [1.165, 1.54) is 12.1 Å². The lowest BCUT2D eigenvalue weighted by Gasteiger charge is -2.15. The van der Waals surface area contributed by atoms with Crippen LogP contribution in [-0.4, -0.2) is 42.0 Å². The summed E-state index contributed by atoms with van der Waals surface area (Å²) in [6.07, 6.45) is 0.527. The molecule has 0 unspecified atom stereocenters. The maximum absolute atomic E-state index is 13.5. The smallest absolute Gasteiger partial charge is 0.303 e. The number of aliphatic carboxylic acids is 1. The first-order valence-electron chi connectivity index (χ1n) is 6.03. The molecule has 0 bridgehead atoms. The minimum atomic E-state index is -0.861. The molecule has 2 N–H and O–H groups in total. The van der Waals surface area contributed by atoms with Gasteiger partial charge in [-0.15, -0.1) is 0 Å². The van der Waals surface area contributed by atoms with Gasteiger partial charge in [0.1, 0.15) is 5.82 Å². The number of nitrogens with zero attached hydrogens (tertiary/aromatic N) is 1. The number of amides is 1. The highest BCUT2D eigenvalue weighted by atomic mass is 79.9. The van der Waals surface area contributed by atoms with Crippen LogP contribution in [0.25, 0.3) is 0 Å². The number of carbonyl (C=O) groups excluding carboxylic acids is 1. The third-order valence-corrected chi connectivity index (χ3v) is 3.04. The number of carboxylic acids is 1. The van der Waals surface area contributed by atoms with E-state index in [4.69, 9.17) is 5.11 Å². The minimum absolute atomic E-state index is 0.0628. The largest absolute Gasteiger partial charge is 0.481 e. The summed E-state index contributed by atoms with van der Waals surface area (Å²) in [5, 5.41) is 11.0. The van der Waals surface area contributed by atoms with Crippen LogP contribution in [0.4, 0.5) is 10.1 Å². The van der Waals surface area contributed by atoms with Gasteiger partial charge in [-0.1, -0.05) is 15.9 Å². The molecule has 1 rings (SSSR count). The van der Waals surface area contributed by atoms with Crippen molar-refractivity contribution in [2.24, 2.45) is 0 Å². The quantitative estimate of drug-likeness (QED) is 0.794. The van der Waals surface area contributed by atoms with Crippen molar-refractivity contribution in [3.8, 4) is 0 Å². The van der Waals surface area contributed by atoms with Gasteiger partial charge in [0.25, 0.3) is 0 Å². The number of likely N-dealkylation sites (N-methyl/N-ethyl adjacent to an activating group) is 1. The molecular formula is C13H16BrFN2O3. The zero-order chi connectivity index (χ0) is 15.1. The highest BCUT2D eigenvalue weighted by Crippen LogP contribution is 2.19. The lowest BCUT2D eigenvalue weighted by atomic mass is 10.3. The predicted octanol–water partition coefficient (Wildman–Crippen LogP) is 2.32. The van der Waals surface area contributed by atoms with Crippen LogP contribution < -0.4 is 5.32 Å². The van der Waals surface area contributed by atoms with Gasteiger partial charge in [-0.25, -0.2) is 4.39 Å². The molecule has 1 aromatic rings. The maximum Gasteiger partial charge on any atom is 0.303 e. The molecule has 0 radical (unpaired) electrons. The van der Waals surface area contributed by atoms with E-state index in [-0.39, 0.29) is 24.6 Å². The topological polar surface area (TPSA) is 69.6 Å². The van der Waals surface area contributed by atoms with Gasteiger partial charge >= 0.3 is 5.97 Å². The van der Waals surface area contributed by atoms with Crippen molar-refractivity contribution in [2.75, 3.05) is 25.5 Å². The number of benzene rings is 1. The van der Waals surface area contributed by atoms with Gasteiger partial charge in [-0.2, -0.15) is 0 Å². The fourth-order valence-electron chi connectivity index (χ4n) is 1.60. The summed E-state index contributed by atoms with van der Waals surface area (Å²) in [7, 11) is 1.71. The van der Waals surface area contributed by atoms with Crippen molar-refractivity contribution in [1.29, 1.82) is 0 Å². The summed E-state index contributed by atoms with van der Waals surface area (Å²) in [5.74, 6) is -1.72. The Morgan fingerprint density at radius 3 is 2.75 bits per heavy atom. The van der Waals surface area contributed by atoms with E-state index in [9.17, 15) is 14.0 Å². The number of rotatable bonds is 7. The first kappa shape index (κ1) is 16.6. The van der Waals surface area contributed by atoms with Gasteiger partial charge < -0.3 is 10.4 Å². The summed E-state index contributed by atoms with van der Waals surface area (Å²) in [4.78, 5) is 23.8. The molecule has 0 aliphatic carbocycles. The molecule has 0 heterocycles. The van der Waals surface area contributed by atoms with Gasteiger partial charge in [0.15, 0.2) is 0 Å². The molecule has 0 aliphatic heterocycles. The van der Waals surface area contributed by atoms with E-state index in [0.29, 0.717) is 17.4 Å². The molecule has 110 valence electrons. The molecular weight excluding hydrogens is 331 g/mol. The first-order chi connectivity index (χ1) is 9.38. The number of carboxylic acid groups (broad SMARTS) is 1. The Balaban J connectivity index is 2.41. The molecule has 1 amide bonds. The molecule has 0 spiro atoms.